The van der Waals surface area contributed by atoms with Gasteiger partial charge in [-0.3, -0.25) is 0 Å². The quantitative estimate of drug-likeness (QED) is 0.842. The van der Waals surface area contributed by atoms with Crippen LogP contribution in [0.3, 0.4) is 0 Å². The lowest BCUT2D eigenvalue weighted by Crippen LogP contribution is -2.28. The number of hydrogen-bond donors (Lipinski definition) is 2. The Morgan fingerprint density at radius 3 is 2.65 bits per heavy atom. The summed E-state index contributed by atoms with van der Waals surface area (Å²) in [7, 11) is 0. The maximum absolute atomic E-state index is 12.4. The highest BCUT2D eigenvalue weighted by Gasteiger charge is 2.33. The molecule has 1 aliphatic rings. The highest BCUT2D eigenvalue weighted by atomic mass is 19.4. The predicted octanol–water partition coefficient (Wildman–Crippen LogP) is 2.43. The first-order valence-electron chi connectivity index (χ1n) is 5.45. The van der Waals surface area contributed by atoms with Gasteiger partial charge in [0.2, 0.25) is 0 Å². The van der Waals surface area contributed by atoms with E-state index >= 15 is 0 Å². The van der Waals surface area contributed by atoms with Crippen molar-refractivity contribution in [3.63, 3.8) is 0 Å². The Hall–Kier alpha value is -1.30. The Balaban J connectivity index is 2.11. The van der Waals surface area contributed by atoms with Crippen LogP contribution in [-0.2, 0) is 6.18 Å². The second-order valence-corrected chi connectivity index (χ2v) is 4.15. The number of rotatable bonds is 2. The fourth-order valence-electron chi connectivity index (χ4n) is 1.97. The molecule has 1 fully saturated rings. The first-order valence-corrected chi connectivity index (χ1v) is 5.45. The molecule has 2 N–H and O–H groups in total. The molecule has 0 radical (unpaired) electrons. The van der Waals surface area contributed by atoms with Gasteiger partial charge >= 0.3 is 6.18 Å². The second kappa shape index (κ2) is 4.52. The van der Waals surface area contributed by atoms with E-state index in [1.54, 1.807) is 0 Å². The van der Waals surface area contributed by atoms with Crippen molar-refractivity contribution >= 4 is 5.82 Å². The number of aliphatic hydroxyl groups excluding tert-OH is 1. The predicted molar refractivity (Wildman–Crippen MR) is 56.5 cm³/mol. The Morgan fingerprint density at radius 1 is 1.29 bits per heavy atom. The third-order valence-corrected chi connectivity index (χ3v) is 2.85. The fraction of sp³-hybridized carbons (Fsp3) is 0.545. The Kier molecular flexibility index (Phi) is 3.24. The fourth-order valence-corrected chi connectivity index (χ4v) is 1.97. The molecular weight excluding hydrogens is 233 g/mol. The molecule has 1 aromatic rings. The zero-order chi connectivity index (χ0) is 12.5. The SMILES string of the molecule is O[C@H]1CCC[C@@H]1Nc1cccc(C(F)(F)F)n1. The zero-order valence-corrected chi connectivity index (χ0v) is 9.04. The van der Waals surface area contributed by atoms with Gasteiger partial charge in [-0.2, -0.15) is 13.2 Å². The van der Waals surface area contributed by atoms with Gasteiger partial charge in [-0.1, -0.05) is 6.07 Å². The average Bonchev–Trinajstić information content (AvgIpc) is 2.64. The van der Waals surface area contributed by atoms with Crippen molar-refractivity contribution in [3.8, 4) is 0 Å². The van der Waals surface area contributed by atoms with Crippen LogP contribution < -0.4 is 5.32 Å². The van der Waals surface area contributed by atoms with Gasteiger partial charge in [0.25, 0.3) is 0 Å². The van der Waals surface area contributed by atoms with Gasteiger partial charge in [0.05, 0.1) is 12.1 Å². The van der Waals surface area contributed by atoms with Gasteiger partial charge in [0.1, 0.15) is 11.5 Å². The lowest BCUT2D eigenvalue weighted by atomic mass is 10.2. The second-order valence-electron chi connectivity index (χ2n) is 4.15. The topological polar surface area (TPSA) is 45.1 Å². The van der Waals surface area contributed by atoms with E-state index in [4.69, 9.17) is 0 Å². The van der Waals surface area contributed by atoms with Crippen molar-refractivity contribution in [2.75, 3.05) is 5.32 Å². The van der Waals surface area contributed by atoms with Gasteiger partial charge in [0.15, 0.2) is 0 Å². The molecule has 0 aliphatic heterocycles. The molecule has 17 heavy (non-hydrogen) atoms. The van der Waals surface area contributed by atoms with E-state index in [2.05, 4.69) is 10.3 Å². The summed E-state index contributed by atoms with van der Waals surface area (Å²) in [5.74, 6) is 0.158. The number of aromatic nitrogens is 1. The third-order valence-electron chi connectivity index (χ3n) is 2.85. The van der Waals surface area contributed by atoms with Crippen LogP contribution in [0.1, 0.15) is 25.0 Å². The minimum Gasteiger partial charge on any atom is -0.391 e. The molecule has 2 atom stereocenters. The van der Waals surface area contributed by atoms with Gasteiger partial charge in [-0.15, -0.1) is 0 Å². The number of pyridine rings is 1. The molecule has 0 saturated heterocycles. The van der Waals surface area contributed by atoms with E-state index in [0.29, 0.717) is 6.42 Å². The molecule has 0 unspecified atom stereocenters. The Labute approximate surface area is 96.7 Å². The Morgan fingerprint density at radius 2 is 2.06 bits per heavy atom. The number of nitrogens with one attached hydrogen (secondary N) is 1. The first kappa shape index (κ1) is 12.2. The largest absolute Gasteiger partial charge is 0.433 e. The normalized spacial score (nSPS) is 24.9. The minimum absolute atomic E-state index is 0.158. The average molecular weight is 246 g/mol. The Bertz CT molecular complexity index is 395. The summed E-state index contributed by atoms with van der Waals surface area (Å²) in [5.41, 5.74) is -0.921. The number of nitrogens with zero attached hydrogens (tertiary/aromatic N) is 1. The van der Waals surface area contributed by atoms with Crippen LogP contribution >= 0.6 is 0 Å². The van der Waals surface area contributed by atoms with Crippen LogP contribution in [0, 0.1) is 0 Å². The maximum Gasteiger partial charge on any atom is 0.433 e. The summed E-state index contributed by atoms with van der Waals surface area (Å²) in [6.07, 6.45) is -2.65. The van der Waals surface area contributed by atoms with Crippen LogP contribution in [0.15, 0.2) is 18.2 Å². The number of hydrogen-bond acceptors (Lipinski definition) is 3. The molecule has 0 bridgehead atoms. The maximum atomic E-state index is 12.4. The standard InChI is InChI=1S/C11H13F3N2O/c12-11(13,14)9-5-2-6-10(16-9)15-7-3-1-4-8(7)17/h2,5-8,17H,1,3-4H2,(H,15,16)/t7-,8-/m0/s1. The van der Waals surface area contributed by atoms with Crippen molar-refractivity contribution in [1.82, 2.24) is 4.98 Å². The number of aliphatic hydroxyl groups is 1. The van der Waals surface area contributed by atoms with Crippen LogP contribution in [0.4, 0.5) is 19.0 Å². The molecule has 1 heterocycles. The van der Waals surface area contributed by atoms with E-state index < -0.39 is 18.0 Å². The van der Waals surface area contributed by atoms with Crippen molar-refractivity contribution in [2.24, 2.45) is 0 Å². The summed E-state index contributed by atoms with van der Waals surface area (Å²) in [6, 6.07) is 3.50. The van der Waals surface area contributed by atoms with Gasteiger partial charge in [0, 0.05) is 0 Å². The van der Waals surface area contributed by atoms with Gasteiger partial charge in [-0.25, -0.2) is 4.98 Å². The highest BCUT2D eigenvalue weighted by Crippen LogP contribution is 2.29. The number of halogens is 3. The van der Waals surface area contributed by atoms with Crippen LogP contribution in [0.5, 0.6) is 0 Å². The van der Waals surface area contributed by atoms with E-state index in [1.165, 1.54) is 12.1 Å². The van der Waals surface area contributed by atoms with Crippen molar-refractivity contribution in [1.29, 1.82) is 0 Å². The van der Waals surface area contributed by atoms with E-state index in [1.807, 2.05) is 0 Å². The van der Waals surface area contributed by atoms with Crippen LogP contribution in [0.2, 0.25) is 0 Å². The summed E-state index contributed by atoms with van der Waals surface area (Å²) < 4.78 is 37.3. The monoisotopic (exact) mass is 246 g/mol. The summed E-state index contributed by atoms with van der Waals surface area (Å²) in [4.78, 5) is 3.49. The molecule has 0 aromatic carbocycles. The number of anilines is 1. The van der Waals surface area contributed by atoms with Crippen molar-refractivity contribution in [3.05, 3.63) is 23.9 Å². The molecule has 6 heteroatoms. The summed E-state index contributed by atoms with van der Waals surface area (Å²) in [5, 5.41) is 12.4. The van der Waals surface area contributed by atoms with Crippen molar-refractivity contribution in [2.45, 2.75) is 37.6 Å². The lowest BCUT2D eigenvalue weighted by Gasteiger charge is -2.17. The molecule has 2 rings (SSSR count). The highest BCUT2D eigenvalue weighted by molar-refractivity contribution is 5.37. The minimum atomic E-state index is -4.44. The molecular formula is C11H13F3N2O. The number of alkyl halides is 3. The molecule has 0 amide bonds. The van der Waals surface area contributed by atoms with Gasteiger partial charge < -0.3 is 10.4 Å². The third kappa shape index (κ3) is 2.88. The van der Waals surface area contributed by atoms with E-state index in [0.717, 1.165) is 18.9 Å². The van der Waals surface area contributed by atoms with E-state index in [-0.39, 0.29) is 11.9 Å². The summed E-state index contributed by atoms with van der Waals surface area (Å²) in [6.45, 7) is 0. The van der Waals surface area contributed by atoms with Crippen LogP contribution in [-0.4, -0.2) is 22.2 Å². The molecule has 0 spiro atoms. The molecule has 1 saturated carbocycles. The molecule has 3 nitrogen and oxygen atoms in total. The zero-order valence-electron chi connectivity index (χ0n) is 9.04. The first-order chi connectivity index (χ1) is 7.97. The smallest absolute Gasteiger partial charge is 0.391 e. The van der Waals surface area contributed by atoms with E-state index in [9.17, 15) is 18.3 Å². The van der Waals surface area contributed by atoms with Gasteiger partial charge in [-0.05, 0) is 31.4 Å². The molecule has 94 valence electrons. The molecule has 1 aliphatic carbocycles. The van der Waals surface area contributed by atoms with Crippen LogP contribution in [0.25, 0.3) is 0 Å². The van der Waals surface area contributed by atoms with Crippen molar-refractivity contribution < 1.29 is 18.3 Å². The molecule has 1 aromatic heterocycles. The summed E-state index contributed by atoms with van der Waals surface area (Å²) >= 11 is 0. The lowest BCUT2D eigenvalue weighted by molar-refractivity contribution is -0.141.